The van der Waals surface area contributed by atoms with Crippen molar-refractivity contribution < 1.29 is 5.11 Å². The first-order chi connectivity index (χ1) is 8.86. The van der Waals surface area contributed by atoms with Crippen molar-refractivity contribution in [2.45, 2.75) is 13.0 Å². The number of rotatable bonds is 1. The Labute approximate surface area is 104 Å². The monoisotopic (exact) mass is 236 g/mol. The first-order valence-electron chi connectivity index (χ1n) is 6.05. The van der Waals surface area contributed by atoms with Crippen LogP contribution in [0.15, 0.2) is 36.7 Å². The van der Waals surface area contributed by atoms with Crippen LogP contribution in [0.4, 0.5) is 0 Å². The van der Waals surface area contributed by atoms with E-state index >= 15 is 0 Å². The summed E-state index contributed by atoms with van der Waals surface area (Å²) in [5, 5.41) is 10.5. The molecule has 0 atom stereocenters. The largest absolute Gasteiger partial charge is 0.392 e. The quantitative estimate of drug-likeness (QED) is 0.533. The van der Waals surface area contributed by atoms with Crippen LogP contribution in [0.25, 0.3) is 22.0 Å². The van der Waals surface area contributed by atoms with E-state index in [-0.39, 0.29) is 6.61 Å². The van der Waals surface area contributed by atoms with Gasteiger partial charge in [-0.3, -0.25) is 4.98 Å². The van der Waals surface area contributed by atoms with Crippen LogP contribution in [0.2, 0.25) is 0 Å². The number of aliphatic hydroxyl groups is 1. The Morgan fingerprint density at radius 1 is 1.28 bits per heavy atom. The van der Waals surface area contributed by atoms with Crippen LogP contribution in [-0.2, 0) is 13.0 Å². The fourth-order valence-electron chi connectivity index (χ4n) is 2.80. The molecule has 0 bridgehead atoms. The standard InChI is InChI=1S/C15H12N2O/c18-8-9-4-12-11-2-1-3-13-15(11)10(7-17-13)5-14(12)16-6-9/h1-4,6-7,17-18H,5,8H2. The zero-order valence-electron chi connectivity index (χ0n) is 9.77. The van der Waals surface area contributed by atoms with Crippen molar-refractivity contribution in [1.82, 2.24) is 9.97 Å². The number of benzene rings is 1. The number of nitrogens with zero attached hydrogens (tertiary/aromatic N) is 1. The molecule has 0 amide bonds. The summed E-state index contributed by atoms with van der Waals surface area (Å²) < 4.78 is 0. The normalized spacial score (nSPS) is 12.7. The number of pyridine rings is 1. The maximum Gasteiger partial charge on any atom is 0.0697 e. The highest BCUT2D eigenvalue weighted by Gasteiger charge is 2.20. The molecule has 18 heavy (non-hydrogen) atoms. The molecule has 3 aromatic rings. The van der Waals surface area contributed by atoms with Gasteiger partial charge in [-0.25, -0.2) is 0 Å². The number of hydrogen-bond acceptors (Lipinski definition) is 2. The lowest BCUT2D eigenvalue weighted by Gasteiger charge is -2.17. The molecule has 0 radical (unpaired) electrons. The summed E-state index contributed by atoms with van der Waals surface area (Å²) in [6.07, 6.45) is 4.69. The molecule has 0 aliphatic heterocycles. The smallest absolute Gasteiger partial charge is 0.0697 e. The third-order valence-electron chi connectivity index (χ3n) is 3.64. The van der Waals surface area contributed by atoms with E-state index in [0.29, 0.717) is 0 Å². The number of aromatic amines is 1. The number of nitrogens with one attached hydrogen (secondary N) is 1. The molecular formula is C15H12N2O. The summed E-state index contributed by atoms with van der Waals surface area (Å²) in [7, 11) is 0. The van der Waals surface area contributed by atoms with E-state index in [2.05, 4.69) is 34.4 Å². The minimum Gasteiger partial charge on any atom is -0.392 e. The second-order valence-electron chi connectivity index (χ2n) is 4.71. The molecule has 1 aromatic carbocycles. The van der Waals surface area contributed by atoms with E-state index in [4.69, 9.17) is 0 Å². The third-order valence-corrected chi connectivity index (χ3v) is 3.64. The molecule has 2 N–H and O–H groups in total. The average molecular weight is 236 g/mol. The summed E-state index contributed by atoms with van der Waals surface area (Å²) >= 11 is 0. The Morgan fingerprint density at radius 3 is 3.11 bits per heavy atom. The van der Waals surface area contributed by atoms with Gasteiger partial charge < -0.3 is 10.1 Å². The Balaban J connectivity index is 2.10. The Morgan fingerprint density at radius 2 is 2.22 bits per heavy atom. The van der Waals surface area contributed by atoms with Crippen LogP contribution in [0.1, 0.15) is 16.8 Å². The third kappa shape index (κ3) is 1.19. The maximum atomic E-state index is 9.24. The number of aliphatic hydroxyl groups excluding tert-OH is 1. The SMILES string of the molecule is OCc1cnc2c(c1)-c1cccc3[nH]cc(c13)C2. The topological polar surface area (TPSA) is 48.9 Å². The molecule has 3 nitrogen and oxygen atoms in total. The first kappa shape index (κ1) is 9.85. The lowest BCUT2D eigenvalue weighted by Crippen LogP contribution is -2.02. The molecule has 3 heteroatoms. The van der Waals surface area contributed by atoms with Gasteiger partial charge in [-0.05, 0) is 28.8 Å². The van der Waals surface area contributed by atoms with Crippen LogP contribution >= 0.6 is 0 Å². The lowest BCUT2D eigenvalue weighted by atomic mass is 9.89. The molecule has 0 unspecified atom stereocenters. The minimum absolute atomic E-state index is 0.0379. The van der Waals surface area contributed by atoms with Crippen molar-refractivity contribution >= 4 is 10.9 Å². The van der Waals surface area contributed by atoms with E-state index in [1.54, 1.807) is 6.20 Å². The van der Waals surface area contributed by atoms with Crippen molar-refractivity contribution in [3.63, 3.8) is 0 Å². The molecule has 1 aliphatic carbocycles. The summed E-state index contributed by atoms with van der Waals surface area (Å²) in [6, 6.07) is 8.32. The molecule has 88 valence electrons. The minimum atomic E-state index is 0.0379. The molecule has 4 rings (SSSR count). The van der Waals surface area contributed by atoms with Gasteiger partial charge in [0.05, 0.1) is 12.3 Å². The van der Waals surface area contributed by atoms with E-state index in [1.807, 2.05) is 6.07 Å². The van der Waals surface area contributed by atoms with Crippen LogP contribution in [0, 0.1) is 0 Å². The fraction of sp³-hybridized carbons (Fsp3) is 0.133. The van der Waals surface area contributed by atoms with Crippen LogP contribution in [0.5, 0.6) is 0 Å². The van der Waals surface area contributed by atoms with Crippen molar-refractivity contribution in [2.75, 3.05) is 0 Å². The highest BCUT2D eigenvalue weighted by molar-refractivity contribution is 6.00. The van der Waals surface area contributed by atoms with Crippen molar-refractivity contribution in [3.05, 3.63) is 53.5 Å². The lowest BCUT2D eigenvalue weighted by molar-refractivity contribution is 0.281. The number of aromatic nitrogens is 2. The Kier molecular flexibility index (Phi) is 1.88. The van der Waals surface area contributed by atoms with E-state index in [0.717, 1.165) is 23.2 Å². The second kappa shape index (κ2) is 3.43. The summed E-state index contributed by atoms with van der Waals surface area (Å²) in [5.41, 5.74) is 6.79. The Bertz CT molecular complexity index is 758. The van der Waals surface area contributed by atoms with Gasteiger partial charge in [0, 0.05) is 35.3 Å². The molecule has 0 saturated heterocycles. The number of fused-ring (bicyclic) bond motifs is 2. The summed E-state index contributed by atoms with van der Waals surface area (Å²) in [6.45, 7) is 0.0379. The Hall–Kier alpha value is -2.13. The number of hydrogen-bond donors (Lipinski definition) is 2. The van der Waals surface area contributed by atoms with E-state index in [1.165, 1.54) is 22.0 Å². The van der Waals surface area contributed by atoms with Crippen molar-refractivity contribution in [3.8, 4) is 11.1 Å². The predicted molar refractivity (Wildman–Crippen MR) is 70.3 cm³/mol. The van der Waals surface area contributed by atoms with Crippen LogP contribution < -0.4 is 0 Å². The van der Waals surface area contributed by atoms with Gasteiger partial charge in [-0.15, -0.1) is 0 Å². The molecular weight excluding hydrogens is 224 g/mol. The van der Waals surface area contributed by atoms with Gasteiger partial charge in [-0.1, -0.05) is 12.1 Å². The maximum absolute atomic E-state index is 9.24. The highest BCUT2D eigenvalue weighted by atomic mass is 16.3. The van der Waals surface area contributed by atoms with E-state index in [9.17, 15) is 5.11 Å². The van der Waals surface area contributed by atoms with Gasteiger partial charge in [0.1, 0.15) is 0 Å². The molecule has 2 aromatic heterocycles. The highest BCUT2D eigenvalue weighted by Crippen LogP contribution is 2.38. The predicted octanol–water partition coefficient (Wildman–Crippen LogP) is 2.63. The molecule has 0 fully saturated rings. The van der Waals surface area contributed by atoms with Crippen LogP contribution in [-0.4, -0.2) is 15.1 Å². The van der Waals surface area contributed by atoms with Crippen molar-refractivity contribution in [1.29, 1.82) is 0 Å². The summed E-state index contributed by atoms with van der Waals surface area (Å²) in [4.78, 5) is 7.79. The summed E-state index contributed by atoms with van der Waals surface area (Å²) in [5.74, 6) is 0. The van der Waals surface area contributed by atoms with Gasteiger partial charge >= 0.3 is 0 Å². The van der Waals surface area contributed by atoms with Gasteiger partial charge in [0.25, 0.3) is 0 Å². The zero-order chi connectivity index (χ0) is 12.1. The van der Waals surface area contributed by atoms with Crippen LogP contribution in [0.3, 0.4) is 0 Å². The molecule has 1 aliphatic rings. The van der Waals surface area contributed by atoms with E-state index < -0.39 is 0 Å². The second-order valence-corrected chi connectivity index (χ2v) is 4.71. The molecule has 0 spiro atoms. The first-order valence-corrected chi connectivity index (χ1v) is 6.05. The van der Waals surface area contributed by atoms with Gasteiger partial charge in [-0.2, -0.15) is 0 Å². The zero-order valence-corrected chi connectivity index (χ0v) is 9.77. The van der Waals surface area contributed by atoms with Gasteiger partial charge in [0.15, 0.2) is 0 Å². The molecule has 0 saturated carbocycles. The average Bonchev–Trinajstić information content (AvgIpc) is 2.83. The number of H-pyrrole nitrogens is 1. The fourth-order valence-corrected chi connectivity index (χ4v) is 2.80. The molecule has 2 heterocycles. The van der Waals surface area contributed by atoms with Crippen molar-refractivity contribution in [2.24, 2.45) is 0 Å². The van der Waals surface area contributed by atoms with Gasteiger partial charge in [0.2, 0.25) is 0 Å².